The van der Waals surface area contributed by atoms with Gasteiger partial charge in [0.15, 0.2) is 6.73 Å². The number of halogens is 2. The highest BCUT2D eigenvalue weighted by Gasteiger charge is 2.51. The van der Waals surface area contributed by atoms with Crippen LogP contribution in [0.25, 0.3) is 20.9 Å². The third-order valence-corrected chi connectivity index (χ3v) is 8.82. The summed E-state index contributed by atoms with van der Waals surface area (Å²) in [5, 5.41) is 9.54. The van der Waals surface area contributed by atoms with Crippen molar-refractivity contribution in [3.63, 3.8) is 0 Å². The predicted molar refractivity (Wildman–Crippen MR) is 152 cm³/mol. The molecule has 1 heterocycles. The number of carbonyl (C=O) groups excluding carboxylic acids is 2. The summed E-state index contributed by atoms with van der Waals surface area (Å²) in [6.07, 6.45) is 1.92. The first-order valence-electron chi connectivity index (χ1n) is 12.6. The van der Waals surface area contributed by atoms with Crippen LogP contribution >= 0.6 is 23.2 Å². The van der Waals surface area contributed by atoms with E-state index < -0.39 is 58.5 Å². The van der Waals surface area contributed by atoms with E-state index in [1.165, 1.54) is 41.3 Å². The largest absolute Gasteiger partial charge is 0.487 e. The van der Waals surface area contributed by atoms with Crippen LogP contribution in [0.3, 0.4) is 0 Å². The molecule has 2 aromatic carbocycles. The molecular formula is C24H23Cl2N9O6S. The van der Waals surface area contributed by atoms with Crippen molar-refractivity contribution in [3.05, 3.63) is 88.9 Å². The summed E-state index contributed by atoms with van der Waals surface area (Å²) in [5.74, 6) is -3.99. The van der Waals surface area contributed by atoms with Crippen LogP contribution in [0.4, 0.5) is 0 Å². The molecule has 1 aliphatic carbocycles. The van der Waals surface area contributed by atoms with Gasteiger partial charge in [-0.25, -0.2) is 13.1 Å². The third-order valence-electron chi connectivity index (χ3n) is 7.14. The summed E-state index contributed by atoms with van der Waals surface area (Å²) in [7, 11) is -4.09. The van der Waals surface area contributed by atoms with E-state index in [0.717, 1.165) is 0 Å². The maximum atomic E-state index is 14.4. The average Bonchev–Trinajstić information content (AvgIpc) is 2.96. The first-order chi connectivity index (χ1) is 20.1. The van der Waals surface area contributed by atoms with Crippen molar-refractivity contribution < 1.29 is 22.7 Å². The monoisotopic (exact) mass is 635 g/mol. The van der Waals surface area contributed by atoms with Gasteiger partial charge in [0.1, 0.15) is 11.6 Å². The van der Waals surface area contributed by atoms with Crippen LogP contribution in [-0.2, 0) is 14.8 Å². The second-order valence-corrected chi connectivity index (χ2v) is 12.1. The highest BCUT2D eigenvalue weighted by molar-refractivity contribution is 7.89. The number of nitroso groups, excluding NO2 is 1. The summed E-state index contributed by atoms with van der Waals surface area (Å²) >= 11 is 12.7. The van der Waals surface area contributed by atoms with Gasteiger partial charge in [-0.1, -0.05) is 58.4 Å². The van der Waals surface area contributed by atoms with Crippen LogP contribution in [0.2, 0.25) is 10.0 Å². The molecule has 42 heavy (non-hydrogen) atoms. The molecule has 2 amide bonds. The van der Waals surface area contributed by atoms with Crippen LogP contribution in [0.15, 0.2) is 51.8 Å². The van der Waals surface area contributed by atoms with Gasteiger partial charge in [-0.15, -0.1) is 4.91 Å². The Bertz CT molecular complexity index is 1610. The van der Waals surface area contributed by atoms with Crippen molar-refractivity contribution in [2.24, 2.45) is 15.4 Å². The second-order valence-electron chi connectivity index (χ2n) is 9.50. The molecule has 1 saturated carbocycles. The number of amides is 2. The lowest BCUT2D eigenvalue weighted by Gasteiger charge is -2.49. The molecule has 4 atom stereocenters. The Labute approximate surface area is 249 Å². The number of sulfonamides is 1. The summed E-state index contributed by atoms with van der Waals surface area (Å²) < 4.78 is 33.6. The maximum absolute atomic E-state index is 14.4. The molecule has 220 valence electrons. The quantitative estimate of drug-likeness (QED) is 0.149. The Hall–Kier alpha value is -3.91. The summed E-state index contributed by atoms with van der Waals surface area (Å²) in [6.45, 7) is -0.468. The molecule has 1 fully saturated rings. The SMILES string of the molecule is [N-]=[N+]=NCOc1cccc2c1[C@@H](C(=O)N=O)[C@H](c1ccc(Cl)cc1Cl)N([C@H]1CCCC[C@@H]1NS(=O)(=O)CN=[N+]=[N-])C2=O. The van der Waals surface area contributed by atoms with Crippen molar-refractivity contribution >= 4 is 45.0 Å². The molecule has 18 heteroatoms. The van der Waals surface area contributed by atoms with Crippen molar-refractivity contribution in [2.45, 2.75) is 49.7 Å². The number of hydrogen-bond acceptors (Lipinski definition) is 8. The lowest BCUT2D eigenvalue weighted by Crippen LogP contribution is -2.58. The van der Waals surface area contributed by atoms with Gasteiger partial charge in [-0.05, 0) is 53.7 Å². The van der Waals surface area contributed by atoms with E-state index in [0.29, 0.717) is 25.7 Å². The van der Waals surface area contributed by atoms with E-state index in [1.54, 1.807) is 0 Å². The summed E-state index contributed by atoms with van der Waals surface area (Å²) in [4.78, 5) is 46.0. The molecule has 0 bridgehead atoms. The van der Waals surface area contributed by atoms with Gasteiger partial charge < -0.3 is 9.64 Å². The van der Waals surface area contributed by atoms with E-state index in [2.05, 4.69) is 30.0 Å². The maximum Gasteiger partial charge on any atom is 0.296 e. The Morgan fingerprint density at radius 1 is 1.12 bits per heavy atom. The van der Waals surface area contributed by atoms with E-state index in [1.807, 2.05) is 0 Å². The molecule has 4 rings (SSSR count). The zero-order valence-corrected chi connectivity index (χ0v) is 24.0. The molecule has 1 N–H and O–H groups in total. The minimum absolute atomic E-state index is 0.0121. The van der Waals surface area contributed by atoms with Gasteiger partial charge in [-0.3, -0.25) is 9.59 Å². The molecule has 2 aliphatic rings. The standard InChI is InChI=1S/C24H23Cl2N9O6S/c25-13-8-9-14(16(26)10-13)22-21(23(36)31-38)20-15(4-3-7-19(20)41-11-29-33-27)24(37)35(22)18-6-2-1-5-17(18)32-42(39,40)12-30-34-28/h3-4,7-10,17-18,21-22,32H,1-2,5-6,11-12H2/t17-,18-,21+,22-/m0/s1. The van der Waals surface area contributed by atoms with E-state index in [-0.39, 0.29) is 32.5 Å². The number of azide groups is 2. The normalized spacial score (nSPS) is 21.9. The van der Waals surface area contributed by atoms with Crippen LogP contribution in [0, 0.1) is 4.91 Å². The lowest BCUT2D eigenvalue weighted by atomic mass is 9.76. The molecule has 1 aliphatic heterocycles. The van der Waals surface area contributed by atoms with E-state index in [4.69, 9.17) is 39.0 Å². The number of carbonyl (C=O) groups is 2. The van der Waals surface area contributed by atoms with Gasteiger partial charge in [0.05, 0.1) is 12.0 Å². The second kappa shape index (κ2) is 13.4. The number of nitrogens with one attached hydrogen (secondary N) is 1. The molecule has 0 saturated heterocycles. The number of rotatable bonds is 10. The molecule has 0 radical (unpaired) electrons. The Morgan fingerprint density at radius 2 is 1.86 bits per heavy atom. The number of nitrogens with zero attached hydrogens (tertiary/aromatic N) is 8. The van der Waals surface area contributed by atoms with Gasteiger partial charge >= 0.3 is 0 Å². The fraction of sp³-hybridized carbons (Fsp3) is 0.417. The van der Waals surface area contributed by atoms with Gasteiger partial charge in [0.2, 0.25) is 10.0 Å². The van der Waals surface area contributed by atoms with Crippen molar-refractivity contribution in [1.82, 2.24) is 9.62 Å². The molecular weight excluding hydrogens is 613 g/mol. The fourth-order valence-corrected chi connectivity index (χ4v) is 7.11. The minimum atomic E-state index is -4.09. The van der Waals surface area contributed by atoms with E-state index in [9.17, 15) is 22.9 Å². The van der Waals surface area contributed by atoms with Crippen LogP contribution < -0.4 is 9.46 Å². The Morgan fingerprint density at radius 3 is 2.55 bits per heavy atom. The van der Waals surface area contributed by atoms with Crippen LogP contribution in [0.1, 0.15) is 59.1 Å². The van der Waals surface area contributed by atoms with Gasteiger partial charge in [-0.2, -0.15) is 0 Å². The first kappa shape index (κ1) is 31.0. The van der Waals surface area contributed by atoms with Gasteiger partial charge in [0, 0.05) is 48.3 Å². The molecule has 0 spiro atoms. The zero-order chi connectivity index (χ0) is 30.4. The van der Waals surface area contributed by atoms with Crippen molar-refractivity contribution in [3.8, 4) is 5.75 Å². The van der Waals surface area contributed by atoms with Crippen molar-refractivity contribution in [2.75, 3.05) is 12.6 Å². The Balaban J connectivity index is 1.95. The summed E-state index contributed by atoms with van der Waals surface area (Å²) in [5.41, 5.74) is 17.6. The highest BCUT2D eigenvalue weighted by Crippen LogP contribution is 2.50. The number of benzene rings is 2. The number of fused-ring (bicyclic) bond motifs is 1. The van der Waals surface area contributed by atoms with Crippen molar-refractivity contribution in [1.29, 1.82) is 0 Å². The minimum Gasteiger partial charge on any atom is -0.487 e. The van der Waals surface area contributed by atoms with Gasteiger partial charge in [0.25, 0.3) is 11.8 Å². The molecule has 0 unspecified atom stereocenters. The fourth-order valence-electron chi connectivity index (χ4n) is 5.58. The summed E-state index contributed by atoms with van der Waals surface area (Å²) in [6, 6.07) is 5.93. The third kappa shape index (κ3) is 6.44. The topological polar surface area (TPSA) is 220 Å². The Kier molecular flexibility index (Phi) is 9.89. The van der Waals surface area contributed by atoms with E-state index >= 15 is 0 Å². The van der Waals surface area contributed by atoms with Crippen LogP contribution in [0.5, 0.6) is 5.75 Å². The average molecular weight is 636 g/mol. The lowest BCUT2D eigenvalue weighted by molar-refractivity contribution is -0.121. The highest BCUT2D eigenvalue weighted by atomic mass is 35.5. The molecule has 15 nitrogen and oxygen atoms in total. The zero-order valence-electron chi connectivity index (χ0n) is 21.7. The first-order valence-corrected chi connectivity index (χ1v) is 15.0. The van der Waals surface area contributed by atoms with Crippen LogP contribution in [-0.4, -0.2) is 49.8 Å². The predicted octanol–water partition coefficient (Wildman–Crippen LogP) is 5.71. The molecule has 2 aromatic rings. The number of hydrogen-bond donors (Lipinski definition) is 1. The molecule has 0 aromatic heterocycles. The number of ether oxygens (including phenoxy) is 1. The smallest absolute Gasteiger partial charge is 0.296 e.